The summed E-state index contributed by atoms with van der Waals surface area (Å²) in [7, 11) is 1.51. The minimum absolute atomic E-state index is 0.223. The molecule has 0 atom stereocenters. The first-order valence-electron chi connectivity index (χ1n) is 6.59. The predicted octanol–water partition coefficient (Wildman–Crippen LogP) is 1.81. The number of aromatic nitrogens is 3. The second-order valence-electron chi connectivity index (χ2n) is 4.62. The normalized spacial score (nSPS) is 10.6. The predicted molar refractivity (Wildman–Crippen MR) is 77.1 cm³/mol. The number of methoxy groups -OCH3 is 1. The standard InChI is InChI=1S/C15H13FN4O2/c1-22-14-6-5-13-18-12(9-20(13)19-14)15(21)17-8-10-3-2-4-11(16)7-10/h2-7,9H,8H2,1H3,(H,17,21). The fourth-order valence-electron chi connectivity index (χ4n) is 2.00. The number of carbonyl (C=O) groups excluding carboxylic acids is 1. The Labute approximate surface area is 125 Å². The summed E-state index contributed by atoms with van der Waals surface area (Å²) >= 11 is 0. The summed E-state index contributed by atoms with van der Waals surface area (Å²) in [5, 5.41) is 6.82. The van der Waals surface area contributed by atoms with E-state index in [1.165, 1.54) is 30.0 Å². The summed E-state index contributed by atoms with van der Waals surface area (Å²) < 4.78 is 19.6. The quantitative estimate of drug-likeness (QED) is 0.798. The third-order valence-corrected chi connectivity index (χ3v) is 3.08. The largest absolute Gasteiger partial charge is 0.480 e. The lowest BCUT2D eigenvalue weighted by Crippen LogP contribution is -2.23. The highest BCUT2D eigenvalue weighted by Crippen LogP contribution is 2.09. The number of amides is 1. The van der Waals surface area contributed by atoms with Gasteiger partial charge in [-0.15, -0.1) is 5.10 Å². The molecule has 1 amide bonds. The third kappa shape index (κ3) is 2.88. The van der Waals surface area contributed by atoms with E-state index in [1.807, 2.05) is 0 Å². The summed E-state index contributed by atoms with van der Waals surface area (Å²) in [6.45, 7) is 0.223. The highest BCUT2D eigenvalue weighted by molar-refractivity contribution is 5.92. The van der Waals surface area contributed by atoms with Crippen molar-refractivity contribution in [2.75, 3.05) is 7.11 Å². The van der Waals surface area contributed by atoms with E-state index < -0.39 is 0 Å². The van der Waals surface area contributed by atoms with Crippen LogP contribution in [0.5, 0.6) is 5.88 Å². The van der Waals surface area contributed by atoms with Gasteiger partial charge in [-0.3, -0.25) is 4.79 Å². The average molecular weight is 300 g/mol. The van der Waals surface area contributed by atoms with Gasteiger partial charge in [0.25, 0.3) is 5.91 Å². The zero-order chi connectivity index (χ0) is 15.5. The molecule has 3 rings (SSSR count). The van der Waals surface area contributed by atoms with Gasteiger partial charge in [-0.05, 0) is 23.8 Å². The molecule has 0 radical (unpaired) electrons. The van der Waals surface area contributed by atoms with Crippen LogP contribution in [0.4, 0.5) is 4.39 Å². The van der Waals surface area contributed by atoms with Gasteiger partial charge in [0.05, 0.1) is 13.3 Å². The van der Waals surface area contributed by atoms with Gasteiger partial charge in [0.2, 0.25) is 5.88 Å². The topological polar surface area (TPSA) is 68.5 Å². The van der Waals surface area contributed by atoms with Gasteiger partial charge in [-0.2, -0.15) is 0 Å². The van der Waals surface area contributed by atoms with Gasteiger partial charge in [0.15, 0.2) is 5.65 Å². The van der Waals surface area contributed by atoms with Crippen molar-refractivity contribution in [3.8, 4) is 5.88 Å². The molecule has 6 nitrogen and oxygen atoms in total. The minimum atomic E-state index is -0.353. The molecular weight excluding hydrogens is 287 g/mol. The number of benzene rings is 1. The van der Waals surface area contributed by atoms with Crippen LogP contribution >= 0.6 is 0 Å². The number of nitrogens with one attached hydrogen (secondary N) is 1. The van der Waals surface area contributed by atoms with E-state index in [0.717, 1.165) is 0 Å². The third-order valence-electron chi connectivity index (χ3n) is 3.08. The molecule has 0 aliphatic rings. The molecule has 0 bridgehead atoms. The second-order valence-corrected chi connectivity index (χ2v) is 4.62. The summed E-state index contributed by atoms with van der Waals surface area (Å²) in [6.07, 6.45) is 1.51. The number of ether oxygens (including phenoxy) is 1. The van der Waals surface area contributed by atoms with E-state index in [1.54, 1.807) is 24.3 Å². The zero-order valence-corrected chi connectivity index (χ0v) is 11.8. The zero-order valence-electron chi connectivity index (χ0n) is 11.8. The molecule has 3 aromatic rings. The molecule has 0 spiro atoms. The number of nitrogens with zero attached hydrogens (tertiary/aromatic N) is 3. The van der Waals surface area contributed by atoms with Crippen molar-refractivity contribution in [1.29, 1.82) is 0 Å². The van der Waals surface area contributed by atoms with Crippen LogP contribution in [0.25, 0.3) is 5.65 Å². The number of halogens is 1. The molecule has 22 heavy (non-hydrogen) atoms. The van der Waals surface area contributed by atoms with Crippen molar-refractivity contribution in [2.24, 2.45) is 0 Å². The van der Waals surface area contributed by atoms with Crippen LogP contribution in [0.1, 0.15) is 16.1 Å². The molecule has 7 heteroatoms. The molecular formula is C15H13FN4O2. The van der Waals surface area contributed by atoms with Crippen LogP contribution in [0, 0.1) is 5.82 Å². The van der Waals surface area contributed by atoms with Crippen molar-refractivity contribution >= 4 is 11.6 Å². The van der Waals surface area contributed by atoms with Crippen LogP contribution in [0.3, 0.4) is 0 Å². The Balaban J connectivity index is 1.74. The Morgan fingerprint density at radius 2 is 2.23 bits per heavy atom. The highest BCUT2D eigenvalue weighted by Gasteiger charge is 2.11. The van der Waals surface area contributed by atoms with Crippen molar-refractivity contribution in [1.82, 2.24) is 19.9 Å². The van der Waals surface area contributed by atoms with Gasteiger partial charge in [-0.1, -0.05) is 12.1 Å². The lowest BCUT2D eigenvalue weighted by molar-refractivity contribution is 0.0946. The SMILES string of the molecule is COc1ccc2nc(C(=O)NCc3cccc(F)c3)cn2n1. The van der Waals surface area contributed by atoms with E-state index in [2.05, 4.69) is 15.4 Å². The van der Waals surface area contributed by atoms with Crippen LogP contribution in [-0.2, 0) is 6.54 Å². The summed E-state index contributed by atoms with van der Waals surface area (Å²) in [6, 6.07) is 9.42. The molecule has 112 valence electrons. The Hall–Kier alpha value is -2.96. The van der Waals surface area contributed by atoms with Crippen LogP contribution in [-0.4, -0.2) is 27.6 Å². The lowest BCUT2D eigenvalue weighted by Gasteiger charge is -2.03. The summed E-state index contributed by atoms with van der Waals surface area (Å²) in [5.41, 5.74) is 1.45. The number of hydrogen-bond donors (Lipinski definition) is 1. The average Bonchev–Trinajstić information content (AvgIpc) is 2.95. The van der Waals surface area contributed by atoms with E-state index in [0.29, 0.717) is 17.1 Å². The number of carbonyl (C=O) groups is 1. The maximum Gasteiger partial charge on any atom is 0.271 e. The molecule has 0 saturated heterocycles. The van der Waals surface area contributed by atoms with E-state index in [-0.39, 0.29) is 24.0 Å². The monoisotopic (exact) mass is 300 g/mol. The van der Waals surface area contributed by atoms with Crippen molar-refractivity contribution in [3.05, 3.63) is 59.7 Å². The Morgan fingerprint density at radius 1 is 1.36 bits per heavy atom. The van der Waals surface area contributed by atoms with Gasteiger partial charge in [0.1, 0.15) is 11.5 Å². The maximum atomic E-state index is 13.1. The summed E-state index contributed by atoms with van der Waals surface area (Å²) in [4.78, 5) is 16.3. The number of rotatable bonds is 4. The first-order valence-corrected chi connectivity index (χ1v) is 6.59. The molecule has 0 fully saturated rings. The fourth-order valence-corrected chi connectivity index (χ4v) is 2.00. The van der Waals surface area contributed by atoms with Crippen LogP contribution in [0.2, 0.25) is 0 Å². The van der Waals surface area contributed by atoms with Gasteiger partial charge in [-0.25, -0.2) is 13.9 Å². The molecule has 1 N–H and O–H groups in total. The first-order chi connectivity index (χ1) is 10.7. The van der Waals surface area contributed by atoms with Crippen LogP contribution < -0.4 is 10.1 Å². The van der Waals surface area contributed by atoms with Crippen molar-refractivity contribution in [2.45, 2.75) is 6.54 Å². The van der Waals surface area contributed by atoms with E-state index in [4.69, 9.17) is 4.74 Å². The van der Waals surface area contributed by atoms with Crippen molar-refractivity contribution in [3.63, 3.8) is 0 Å². The minimum Gasteiger partial charge on any atom is -0.480 e. The van der Waals surface area contributed by atoms with E-state index >= 15 is 0 Å². The Morgan fingerprint density at radius 3 is 3.00 bits per heavy atom. The second kappa shape index (κ2) is 5.80. The molecule has 0 aliphatic carbocycles. The Kier molecular flexibility index (Phi) is 3.69. The van der Waals surface area contributed by atoms with Gasteiger partial charge < -0.3 is 10.1 Å². The van der Waals surface area contributed by atoms with Crippen LogP contribution in [0.15, 0.2) is 42.6 Å². The van der Waals surface area contributed by atoms with Gasteiger partial charge >= 0.3 is 0 Å². The summed E-state index contributed by atoms with van der Waals surface area (Å²) in [5.74, 6) is -0.263. The number of hydrogen-bond acceptors (Lipinski definition) is 4. The van der Waals surface area contributed by atoms with Gasteiger partial charge in [0, 0.05) is 12.6 Å². The number of imidazole rings is 1. The number of fused-ring (bicyclic) bond motifs is 1. The molecule has 2 heterocycles. The first kappa shape index (κ1) is 14.0. The molecule has 2 aromatic heterocycles. The molecule has 0 saturated carbocycles. The van der Waals surface area contributed by atoms with E-state index in [9.17, 15) is 9.18 Å². The Bertz CT molecular complexity index is 831. The molecule has 1 aromatic carbocycles. The highest BCUT2D eigenvalue weighted by atomic mass is 19.1. The van der Waals surface area contributed by atoms with Crippen molar-refractivity contribution < 1.29 is 13.9 Å². The maximum absolute atomic E-state index is 13.1. The molecule has 0 unspecified atom stereocenters. The lowest BCUT2D eigenvalue weighted by atomic mass is 10.2. The smallest absolute Gasteiger partial charge is 0.271 e. The molecule has 0 aliphatic heterocycles. The fraction of sp³-hybridized carbons (Fsp3) is 0.133.